The van der Waals surface area contributed by atoms with Crippen molar-refractivity contribution in [1.82, 2.24) is 4.90 Å². The molecule has 2 N–H and O–H groups in total. The van der Waals surface area contributed by atoms with Gasteiger partial charge in [-0.2, -0.15) is 0 Å². The minimum Gasteiger partial charge on any atom is -0.494 e. The minimum atomic E-state index is -1.02. The van der Waals surface area contributed by atoms with Gasteiger partial charge >= 0.3 is 11.9 Å². The molecule has 0 aliphatic heterocycles. The maximum Gasteiger partial charge on any atom is 0.325 e. The number of hydrogen-bond donors (Lipinski definition) is 2. The zero-order valence-electron chi connectivity index (χ0n) is 11.6. The third-order valence-electron chi connectivity index (χ3n) is 2.84. The van der Waals surface area contributed by atoms with Gasteiger partial charge in [0.25, 0.3) is 0 Å². The molecule has 6 heteroatoms. The van der Waals surface area contributed by atoms with E-state index in [2.05, 4.69) is 0 Å². The van der Waals surface area contributed by atoms with Gasteiger partial charge in [-0.15, -0.1) is 0 Å². The second-order valence-electron chi connectivity index (χ2n) is 4.37. The Morgan fingerprint density at radius 3 is 2.60 bits per heavy atom. The maximum atomic E-state index is 11.4. The van der Waals surface area contributed by atoms with Crippen molar-refractivity contribution in [3.63, 3.8) is 0 Å². The van der Waals surface area contributed by atoms with Crippen molar-refractivity contribution in [2.45, 2.75) is 19.4 Å². The molecule has 110 valence electrons. The molecule has 6 nitrogen and oxygen atoms in total. The maximum absolute atomic E-state index is 11.4. The van der Waals surface area contributed by atoms with Crippen molar-refractivity contribution in [1.29, 1.82) is 0 Å². The molecule has 1 rings (SSSR count). The first-order valence-electron chi connectivity index (χ1n) is 6.33. The molecule has 0 saturated heterocycles. The van der Waals surface area contributed by atoms with Gasteiger partial charge < -0.3 is 14.9 Å². The zero-order valence-corrected chi connectivity index (χ0v) is 11.6. The highest BCUT2D eigenvalue weighted by molar-refractivity contribution is 5.76. The fraction of sp³-hybridized carbons (Fsp3) is 0.429. The number of nitrogens with zero attached hydrogens (tertiary/aromatic N) is 1. The van der Waals surface area contributed by atoms with Crippen LogP contribution in [0.4, 0.5) is 0 Å². The molecule has 0 fully saturated rings. The quantitative estimate of drug-likeness (QED) is 0.753. The van der Waals surface area contributed by atoms with Gasteiger partial charge in [-0.25, -0.2) is 0 Å². The third kappa shape index (κ3) is 4.55. The van der Waals surface area contributed by atoms with Crippen LogP contribution in [-0.2, 0) is 9.59 Å². The molecule has 1 atom stereocenters. The minimum absolute atomic E-state index is 0.106. The summed E-state index contributed by atoms with van der Waals surface area (Å²) >= 11 is 0. The SMILES string of the molecule is CCOc1cccc(C(C(=O)O)N(C)CCC(=O)O)c1. The number of carbonyl (C=O) groups is 2. The number of ether oxygens (including phenoxy) is 1. The van der Waals surface area contributed by atoms with Gasteiger partial charge in [0, 0.05) is 6.54 Å². The van der Waals surface area contributed by atoms with E-state index in [1.807, 2.05) is 6.92 Å². The van der Waals surface area contributed by atoms with Crippen LogP contribution in [0, 0.1) is 0 Å². The van der Waals surface area contributed by atoms with Gasteiger partial charge in [0.1, 0.15) is 11.8 Å². The Bertz CT molecular complexity index is 474. The number of carboxylic acids is 2. The fourth-order valence-corrected chi connectivity index (χ4v) is 1.93. The average Bonchev–Trinajstić information content (AvgIpc) is 2.37. The van der Waals surface area contributed by atoms with Crippen molar-refractivity contribution < 1.29 is 24.5 Å². The van der Waals surface area contributed by atoms with Crippen LogP contribution in [-0.4, -0.2) is 47.3 Å². The number of likely N-dealkylation sites (N-methyl/N-ethyl adjacent to an activating group) is 1. The zero-order chi connectivity index (χ0) is 15.1. The van der Waals surface area contributed by atoms with Gasteiger partial charge in [-0.3, -0.25) is 14.5 Å². The Hall–Kier alpha value is -2.08. The highest BCUT2D eigenvalue weighted by Gasteiger charge is 2.25. The molecular weight excluding hydrogens is 262 g/mol. The van der Waals surface area contributed by atoms with Crippen molar-refractivity contribution >= 4 is 11.9 Å². The van der Waals surface area contributed by atoms with Crippen LogP contribution in [0.1, 0.15) is 24.9 Å². The van der Waals surface area contributed by atoms with Gasteiger partial charge in [0.05, 0.1) is 13.0 Å². The lowest BCUT2D eigenvalue weighted by Crippen LogP contribution is -2.32. The van der Waals surface area contributed by atoms with E-state index in [4.69, 9.17) is 9.84 Å². The van der Waals surface area contributed by atoms with Gasteiger partial charge in [0.2, 0.25) is 0 Å². The average molecular weight is 281 g/mol. The molecule has 0 heterocycles. The van der Waals surface area contributed by atoms with E-state index in [0.29, 0.717) is 17.9 Å². The normalized spacial score (nSPS) is 12.2. The van der Waals surface area contributed by atoms with E-state index in [0.717, 1.165) is 0 Å². The Kier molecular flexibility index (Phi) is 5.99. The smallest absolute Gasteiger partial charge is 0.325 e. The molecule has 0 radical (unpaired) electrons. The van der Waals surface area contributed by atoms with Crippen LogP contribution in [0.3, 0.4) is 0 Å². The number of rotatable bonds is 8. The summed E-state index contributed by atoms with van der Waals surface area (Å²) in [5.41, 5.74) is 0.566. The van der Waals surface area contributed by atoms with Crippen LogP contribution in [0.15, 0.2) is 24.3 Å². The van der Waals surface area contributed by atoms with Crippen molar-refractivity contribution in [3.8, 4) is 5.75 Å². The summed E-state index contributed by atoms with van der Waals surface area (Å²) in [5, 5.41) is 18.0. The van der Waals surface area contributed by atoms with Crippen molar-refractivity contribution in [2.75, 3.05) is 20.2 Å². The highest BCUT2D eigenvalue weighted by atomic mass is 16.5. The molecule has 0 spiro atoms. The molecule has 1 aromatic carbocycles. The number of hydrogen-bond acceptors (Lipinski definition) is 4. The summed E-state index contributed by atoms with van der Waals surface area (Å²) in [6, 6.07) is 5.94. The first-order valence-corrected chi connectivity index (χ1v) is 6.33. The molecular formula is C14H19NO5. The Morgan fingerprint density at radius 2 is 2.05 bits per heavy atom. The summed E-state index contributed by atoms with van der Waals surface area (Å²) in [7, 11) is 1.59. The largest absolute Gasteiger partial charge is 0.494 e. The number of aliphatic carboxylic acids is 2. The van der Waals surface area contributed by atoms with E-state index < -0.39 is 18.0 Å². The van der Waals surface area contributed by atoms with E-state index in [9.17, 15) is 14.7 Å². The Labute approximate surface area is 117 Å². The number of benzene rings is 1. The topological polar surface area (TPSA) is 87.1 Å². The standard InChI is InChI=1S/C14H19NO5/c1-3-20-11-6-4-5-10(9-11)13(14(18)19)15(2)8-7-12(16)17/h4-6,9,13H,3,7-8H2,1-2H3,(H,16,17)(H,18,19). The second kappa shape index (κ2) is 7.49. The Morgan fingerprint density at radius 1 is 1.35 bits per heavy atom. The second-order valence-corrected chi connectivity index (χ2v) is 4.37. The van der Waals surface area contributed by atoms with E-state index in [-0.39, 0.29) is 13.0 Å². The number of carboxylic acid groups (broad SMARTS) is 2. The monoisotopic (exact) mass is 281 g/mol. The van der Waals surface area contributed by atoms with Crippen LogP contribution < -0.4 is 4.74 Å². The Balaban J connectivity index is 2.92. The van der Waals surface area contributed by atoms with Crippen molar-refractivity contribution in [3.05, 3.63) is 29.8 Å². The molecule has 1 aromatic rings. The van der Waals surface area contributed by atoms with Gasteiger partial charge in [0.15, 0.2) is 0 Å². The summed E-state index contributed by atoms with van der Waals surface area (Å²) in [6.45, 7) is 2.50. The lowest BCUT2D eigenvalue weighted by Gasteiger charge is -2.24. The molecule has 20 heavy (non-hydrogen) atoms. The van der Waals surface area contributed by atoms with Crippen molar-refractivity contribution in [2.24, 2.45) is 0 Å². The van der Waals surface area contributed by atoms with Gasteiger partial charge in [-0.1, -0.05) is 12.1 Å². The third-order valence-corrected chi connectivity index (χ3v) is 2.84. The van der Waals surface area contributed by atoms with Crippen LogP contribution >= 0.6 is 0 Å². The molecule has 0 saturated carbocycles. The summed E-state index contributed by atoms with van der Waals surface area (Å²) in [4.78, 5) is 23.5. The van der Waals surface area contributed by atoms with Crippen LogP contribution in [0.25, 0.3) is 0 Å². The molecule has 0 aromatic heterocycles. The van der Waals surface area contributed by atoms with E-state index >= 15 is 0 Å². The van der Waals surface area contributed by atoms with Crippen LogP contribution in [0.2, 0.25) is 0 Å². The fourth-order valence-electron chi connectivity index (χ4n) is 1.93. The molecule has 0 bridgehead atoms. The van der Waals surface area contributed by atoms with E-state index in [1.54, 1.807) is 31.3 Å². The van der Waals surface area contributed by atoms with E-state index in [1.165, 1.54) is 4.90 Å². The summed E-state index contributed by atoms with van der Waals surface area (Å²) < 4.78 is 5.35. The summed E-state index contributed by atoms with van der Waals surface area (Å²) in [6.07, 6.45) is -0.106. The summed E-state index contributed by atoms with van der Waals surface area (Å²) in [5.74, 6) is -1.38. The molecule has 0 amide bonds. The predicted molar refractivity (Wildman–Crippen MR) is 72.9 cm³/mol. The van der Waals surface area contributed by atoms with Crippen LogP contribution in [0.5, 0.6) is 5.75 Å². The lowest BCUT2D eigenvalue weighted by molar-refractivity contribution is -0.144. The molecule has 0 aliphatic rings. The first kappa shape index (κ1) is 16.0. The first-order chi connectivity index (χ1) is 9.45. The highest BCUT2D eigenvalue weighted by Crippen LogP contribution is 2.24. The van der Waals surface area contributed by atoms with Gasteiger partial charge in [-0.05, 0) is 31.7 Å². The molecule has 0 aliphatic carbocycles. The predicted octanol–water partition coefficient (Wildman–Crippen LogP) is 1.62. The lowest BCUT2D eigenvalue weighted by atomic mass is 10.1. The molecule has 1 unspecified atom stereocenters.